The summed E-state index contributed by atoms with van der Waals surface area (Å²) in [5, 5.41) is 10.6. The van der Waals surface area contributed by atoms with E-state index in [9.17, 15) is 4.79 Å². The molecule has 1 amide bonds. The van der Waals surface area contributed by atoms with Crippen molar-refractivity contribution < 1.29 is 4.79 Å². The molecule has 90 valence electrons. The maximum absolute atomic E-state index is 11.9. The maximum Gasteiger partial charge on any atom is 0.227 e. The van der Waals surface area contributed by atoms with Crippen molar-refractivity contribution in [1.29, 1.82) is 0 Å². The first-order valence-electron chi connectivity index (χ1n) is 5.09. The normalized spacial score (nSPS) is 13.6. The first-order valence-corrected chi connectivity index (χ1v) is 5.62. The second-order valence-corrected chi connectivity index (χ2v) is 4.78. The van der Waals surface area contributed by atoms with Gasteiger partial charge in [0.25, 0.3) is 0 Å². The molecule has 6 heteroatoms. The number of aromatic nitrogens is 3. The van der Waals surface area contributed by atoms with Crippen LogP contribution in [0.4, 0.5) is 0 Å². The Morgan fingerprint density at radius 3 is 2.75 bits per heavy atom. The predicted octanol–water partition coefficient (Wildman–Crippen LogP) is 1.26. The Morgan fingerprint density at radius 1 is 1.69 bits per heavy atom. The van der Waals surface area contributed by atoms with Crippen molar-refractivity contribution >= 4 is 17.5 Å². The average molecular weight is 245 g/mol. The van der Waals surface area contributed by atoms with E-state index in [0.717, 1.165) is 5.82 Å². The molecule has 0 saturated heterocycles. The average Bonchev–Trinajstić information content (AvgIpc) is 2.64. The van der Waals surface area contributed by atoms with Crippen LogP contribution in [0.5, 0.6) is 0 Å². The zero-order valence-corrected chi connectivity index (χ0v) is 10.7. The Morgan fingerprint density at radius 2 is 2.31 bits per heavy atom. The molecule has 1 aromatic heterocycles. The lowest BCUT2D eigenvalue weighted by atomic mass is 9.95. The number of carbonyl (C=O) groups is 1. The molecule has 5 nitrogen and oxygen atoms in total. The van der Waals surface area contributed by atoms with Gasteiger partial charge in [0.2, 0.25) is 5.91 Å². The number of hydrogen-bond acceptors (Lipinski definition) is 3. The molecule has 16 heavy (non-hydrogen) atoms. The summed E-state index contributed by atoms with van der Waals surface area (Å²) in [5.74, 6) is 0.918. The van der Waals surface area contributed by atoms with E-state index in [-0.39, 0.29) is 17.8 Å². The van der Waals surface area contributed by atoms with Gasteiger partial charge >= 0.3 is 0 Å². The molecule has 0 aliphatic heterocycles. The fourth-order valence-electron chi connectivity index (χ4n) is 1.20. The molecular weight excluding hydrogens is 228 g/mol. The summed E-state index contributed by atoms with van der Waals surface area (Å²) in [6.45, 7) is 5.48. The highest BCUT2D eigenvalue weighted by Crippen LogP contribution is 2.19. The van der Waals surface area contributed by atoms with Gasteiger partial charge in [-0.15, -0.1) is 21.8 Å². The molecule has 1 rings (SSSR count). The van der Waals surface area contributed by atoms with Crippen LogP contribution in [0.2, 0.25) is 0 Å². The predicted molar refractivity (Wildman–Crippen MR) is 62.1 cm³/mol. The monoisotopic (exact) mass is 244 g/mol. The molecule has 1 atom stereocenters. The van der Waals surface area contributed by atoms with E-state index in [4.69, 9.17) is 11.6 Å². The van der Waals surface area contributed by atoms with E-state index in [2.05, 4.69) is 15.5 Å². The molecule has 0 spiro atoms. The Kier molecular flexibility index (Phi) is 3.91. The molecule has 1 aromatic rings. The van der Waals surface area contributed by atoms with E-state index >= 15 is 0 Å². The lowest BCUT2D eigenvalue weighted by Crippen LogP contribution is -2.40. The number of carbonyl (C=O) groups excluding carboxylic acids is 1. The van der Waals surface area contributed by atoms with E-state index in [1.807, 2.05) is 14.0 Å². The summed E-state index contributed by atoms with van der Waals surface area (Å²) in [5.41, 5.74) is -0.575. The third kappa shape index (κ3) is 2.72. The van der Waals surface area contributed by atoms with Gasteiger partial charge in [-0.3, -0.25) is 4.79 Å². The van der Waals surface area contributed by atoms with Gasteiger partial charge in [0, 0.05) is 12.9 Å². The van der Waals surface area contributed by atoms with Crippen LogP contribution in [0.25, 0.3) is 0 Å². The molecule has 1 N–H and O–H groups in total. The Labute approximate surface area is 100 Å². The number of amides is 1. The zero-order valence-electron chi connectivity index (χ0n) is 9.99. The molecule has 0 bridgehead atoms. The molecule has 0 aliphatic rings. The van der Waals surface area contributed by atoms with Crippen LogP contribution in [-0.2, 0) is 11.8 Å². The summed E-state index contributed by atoms with van der Waals surface area (Å²) in [4.78, 5) is 11.9. The molecule has 0 aliphatic carbocycles. The second kappa shape index (κ2) is 4.82. The number of halogens is 1. The Hall–Kier alpha value is -1.10. The van der Waals surface area contributed by atoms with Crippen molar-refractivity contribution in [2.75, 3.05) is 5.88 Å². The summed E-state index contributed by atoms with van der Waals surface area (Å²) in [6.07, 6.45) is 1.60. The molecule has 1 unspecified atom stereocenters. The van der Waals surface area contributed by atoms with Crippen molar-refractivity contribution in [2.45, 2.75) is 26.8 Å². The minimum atomic E-state index is -0.575. The topological polar surface area (TPSA) is 59.8 Å². The van der Waals surface area contributed by atoms with Crippen LogP contribution in [0.15, 0.2) is 6.33 Å². The van der Waals surface area contributed by atoms with E-state index < -0.39 is 5.41 Å². The molecule has 0 aromatic carbocycles. The van der Waals surface area contributed by atoms with E-state index in [1.165, 1.54) is 0 Å². The fourth-order valence-corrected chi connectivity index (χ4v) is 1.32. The number of rotatable bonds is 4. The molecule has 0 radical (unpaired) electrons. The highest BCUT2D eigenvalue weighted by atomic mass is 35.5. The number of nitrogens with one attached hydrogen (secondary N) is 1. The highest BCUT2D eigenvalue weighted by Gasteiger charge is 2.28. The maximum atomic E-state index is 11.9. The molecule has 1 heterocycles. The van der Waals surface area contributed by atoms with Gasteiger partial charge in [-0.05, 0) is 20.8 Å². The minimum Gasteiger partial charge on any atom is -0.346 e. The molecular formula is C10H17ClN4O. The number of aryl methyl sites for hydroxylation is 1. The van der Waals surface area contributed by atoms with Crippen molar-refractivity contribution in [3.05, 3.63) is 12.2 Å². The van der Waals surface area contributed by atoms with Crippen LogP contribution in [0.1, 0.15) is 32.6 Å². The molecule has 0 fully saturated rings. The molecule has 0 saturated carbocycles. The minimum absolute atomic E-state index is 0.0852. The summed E-state index contributed by atoms with van der Waals surface area (Å²) in [6, 6.07) is -0.178. The van der Waals surface area contributed by atoms with Gasteiger partial charge in [-0.1, -0.05) is 0 Å². The summed E-state index contributed by atoms with van der Waals surface area (Å²) in [7, 11) is 1.84. The lowest BCUT2D eigenvalue weighted by Gasteiger charge is -2.23. The van der Waals surface area contributed by atoms with Gasteiger partial charge in [0.15, 0.2) is 5.82 Å². The summed E-state index contributed by atoms with van der Waals surface area (Å²) >= 11 is 5.73. The van der Waals surface area contributed by atoms with Crippen molar-refractivity contribution in [3.8, 4) is 0 Å². The quantitative estimate of drug-likeness (QED) is 0.812. The van der Waals surface area contributed by atoms with Gasteiger partial charge in [0.05, 0.1) is 11.5 Å². The fraction of sp³-hybridized carbons (Fsp3) is 0.700. The van der Waals surface area contributed by atoms with Crippen molar-refractivity contribution in [2.24, 2.45) is 12.5 Å². The standard InChI is InChI=1S/C10H17ClN4O/c1-7(8-14-12-6-15(8)4)13-9(16)10(2,3)5-11/h6-7H,5H2,1-4H3,(H,13,16). The largest absolute Gasteiger partial charge is 0.346 e. The zero-order chi connectivity index (χ0) is 12.3. The van der Waals surface area contributed by atoms with Gasteiger partial charge in [0.1, 0.15) is 6.33 Å². The number of nitrogens with zero attached hydrogens (tertiary/aromatic N) is 3. The number of alkyl halides is 1. The third-order valence-electron chi connectivity index (χ3n) is 2.43. The highest BCUT2D eigenvalue weighted by molar-refractivity contribution is 6.19. The van der Waals surface area contributed by atoms with Gasteiger partial charge < -0.3 is 9.88 Å². The Balaban J connectivity index is 2.69. The van der Waals surface area contributed by atoms with Crippen molar-refractivity contribution in [1.82, 2.24) is 20.1 Å². The first-order chi connectivity index (χ1) is 7.38. The van der Waals surface area contributed by atoms with Crippen LogP contribution in [0.3, 0.4) is 0 Å². The number of hydrogen-bond donors (Lipinski definition) is 1. The van der Waals surface area contributed by atoms with Gasteiger partial charge in [-0.25, -0.2) is 0 Å². The summed E-state index contributed by atoms with van der Waals surface area (Å²) < 4.78 is 1.78. The third-order valence-corrected chi connectivity index (χ3v) is 3.10. The van der Waals surface area contributed by atoms with E-state index in [1.54, 1.807) is 24.7 Å². The van der Waals surface area contributed by atoms with E-state index in [0.29, 0.717) is 0 Å². The Bertz CT molecular complexity index is 375. The van der Waals surface area contributed by atoms with Crippen LogP contribution in [0, 0.1) is 5.41 Å². The smallest absolute Gasteiger partial charge is 0.227 e. The van der Waals surface area contributed by atoms with Gasteiger partial charge in [-0.2, -0.15) is 0 Å². The van der Waals surface area contributed by atoms with Crippen LogP contribution in [-0.4, -0.2) is 26.6 Å². The van der Waals surface area contributed by atoms with Crippen molar-refractivity contribution in [3.63, 3.8) is 0 Å². The van der Waals surface area contributed by atoms with Crippen LogP contribution < -0.4 is 5.32 Å². The lowest BCUT2D eigenvalue weighted by molar-refractivity contribution is -0.129. The van der Waals surface area contributed by atoms with Crippen LogP contribution >= 0.6 is 11.6 Å². The first kappa shape index (κ1) is 13.0. The second-order valence-electron chi connectivity index (χ2n) is 4.51. The SMILES string of the molecule is CC(NC(=O)C(C)(C)CCl)c1nncn1C.